The van der Waals surface area contributed by atoms with Crippen LogP contribution in [-0.2, 0) is 4.74 Å². The van der Waals surface area contributed by atoms with Crippen molar-refractivity contribution in [3.8, 4) is 0 Å². The monoisotopic (exact) mass is 268 g/mol. The number of ether oxygens (including phenoxy) is 1. The van der Waals surface area contributed by atoms with Crippen LogP contribution in [0.15, 0.2) is 0 Å². The lowest BCUT2D eigenvalue weighted by Crippen LogP contribution is -2.65. The van der Waals surface area contributed by atoms with Gasteiger partial charge in [0.25, 0.3) is 0 Å². The molecule has 19 heavy (non-hydrogen) atoms. The van der Waals surface area contributed by atoms with E-state index in [1.165, 1.54) is 32.4 Å². The third kappa shape index (κ3) is 3.71. The van der Waals surface area contributed by atoms with Crippen LogP contribution in [-0.4, -0.2) is 49.8 Å². The van der Waals surface area contributed by atoms with Gasteiger partial charge >= 0.3 is 0 Å². The zero-order chi connectivity index (χ0) is 13.9. The molecule has 2 rings (SSSR count). The molecule has 3 heteroatoms. The predicted octanol–water partition coefficient (Wildman–Crippen LogP) is 2.51. The highest BCUT2D eigenvalue weighted by Gasteiger charge is 2.46. The van der Waals surface area contributed by atoms with Crippen molar-refractivity contribution in [2.75, 3.05) is 33.4 Å². The third-order valence-corrected chi connectivity index (χ3v) is 5.29. The molecule has 2 aliphatic rings. The van der Waals surface area contributed by atoms with E-state index in [0.717, 1.165) is 31.4 Å². The van der Waals surface area contributed by atoms with Crippen LogP contribution >= 0.6 is 0 Å². The van der Waals surface area contributed by atoms with Crippen molar-refractivity contribution in [3.05, 3.63) is 0 Å². The Morgan fingerprint density at radius 2 is 2.16 bits per heavy atom. The molecule has 3 nitrogen and oxygen atoms in total. The molecule has 0 aromatic heterocycles. The Morgan fingerprint density at radius 1 is 1.42 bits per heavy atom. The number of piperazine rings is 1. The number of methoxy groups -OCH3 is 1. The second-order valence-electron chi connectivity index (χ2n) is 6.84. The molecule has 1 aliphatic heterocycles. The van der Waals surface area contributed by atoms with Crippen molar-refractivity contribution in [1.29, 1.82) is 0 Å². The first kappa shape index (κ1) is 15.3. The molecule has 2 fully saturated rings. The van der Waals surface area contributed by atoms with Crippen LogP contribution in [0.1, 0.15) is 46.5 Å². The molecule has 112 valence electrons. The minimum Gasteiger partial charge on any atom is -0.385 e. The van der Waals surface area contributed by atoms with E-state index in [9.17, 15) is 0 Å². The number of hydrogen-bond acceptors (Lipinski definition) is 3. The maximum Gasteiger partial charge on any atom is 0.0474 e. The normalized spacial score (nSPS) is 34.4. The van der Waals surface area contributed by atoms with Gasteiger partial charge in [-0.1, -0.05) is 20.3 Å². The second-order valence-corrected chi connectivity index (χ2v) is 6.84. The fraction of sp³-hybridized carbons (Fsp3) is 1.00. The minimum atomic E-state index is 0.358. The Morgan fingerprint density at radius 3 is 2.74 bits per heavy atom. The molecule has 1 N–H and O–H groups in total. The summed E-state index contributed by atoms with van der Waals surface area (Å²) in [6.45, 7) is 11.6. The molecule has 0 amide bonds. The quantitative estimate of drug-likeness (QED) is 0.718. The van der Waals surface area contributed by atoms with Crippen molar-refractivity contribution in [2.24, 2.45) is 11.8 Å². The molecule has 0 radical (unpaired) electrons. The number of rotatable bonds is 7. The van der Waals surface area contributed by atoms with Gasteiger partial charge in [0.1, 0.15) is 0 Å². The highest BCUT2D eigenvalue weighted by Crippen LogP contribution is 2.41. The molecule has 3 atom stereocenters. The zero-order valence-corrected chi connectivity index (χ0v) is 13.2. The average molecular weight is 268 g/mol. The summed E-state index contributed by atoms with van der Waals surface area (Å²) in [5, 5.41) is 3.87. The van der Waals surface area contributed by atoms with Crippen LogP contribution in [0.5, 0.6) is 0 Å². The Labute approximate surface area is 119 Å². The fourth-order valence-electron chi connectivity index (χ4n) is 3.55. The first-order valence-electron chi connectivity index (χ1n) is 8.08. The topological polar surface area (TPSA) is 24.5 Å². The van der Waals surface area contributed by atoms with Crippen LogP contribution in [0, 0.1) is 11.8 Å². The maximum absolute atomic E-state index is 5.22. The molecular weight excluding hydrogens is 236 g/mol. The standard InChI is InChI=1S/C16H32N2O/c1-5-13(2)15-11-17-16(3,14-7-8-14)12-18(15)9-6-10-19-4/h13-15,17H,5-12H2,1-4H3. The van der Waals surface area contributed by atoms with Gasteiger partial charge in [-0.25, -0.2) is 0 Å². The van der Waals surface area contributed by atoms with E-state index in [-0.39, 0.29) is 0 Å². The molecule has 0 spiro atoms. The summed E-state index contributed by atoms with van der Waals surface area (Å²) >= 11 is 0. The molecule has 0 aromatic carbocycles. The molecule has 3 unspecified atom stereocenters. The summed E-state index contributed by atoms with van der Waals surface area (Å²) in [5.74, 6) is 1.69. The lowest BCUT2D eigenvalue weighted by molar-refractivity contribution is 0.0407. The van der Waals surface area contributed by atoms with Crippen molar-refractivity contribution in [1.82, 2.24) is 10.2 Å². The summed E-state index contributed by atoms with van der Waals surface area (Å²) in [6, 6.07) is 0.702. The molecule has 1 aliphatic carbocycles. The van der Waals surface area contributed by atoms with Gasteiger partial charge in [-0.15, -0.1) is 0 Å². The van der Waals surface area contributed by atoms with Crippen LogP contribution in [0.4, 0.5) is 0 Å². The van der Waals surface area contributed by atoms with Crippen LogP contribution in [0.2, 0.25) is 0 Å². The summed E-state index contributed by atoms with van der Waals surface area (Å²) in [6.07, 6.45) is 5.27. The summed E-state index contributed by atoms with van der Waals surface area (Å²) in [5.41, 5.74) is 0.358. The van der Waals surface area contributed by atoms with Crippen molar-refractivity contribution in [3.63, 3.8) is 0 Å². The van der Waals surface area contributed by atoms with E-state index in [1.54, 1.807) is 7.11 Å². The molecule has 0 aromatic rings. The van der Waals surface area contributed by atoms with Gasteiger partial charge < -0.3 is 10.1 Å². The first-order valence-corrected chi connectivity index (χ1v) is 8.08. The highest BCUT2D eigenvalue weighted by atomic mass is 16.5. The van der Waals surface area contributed by atoms with E-state index in [2.05, 4.69) is 31.0 Å². The Kier molecular flexibility index (Phi) is 5.27. The van der Waals surface area contributed by atoms with Crippen molar-refractivity contribution >= 4 is 0 Å². The summed E-state index contributed by atoms with van der Waals surface area (Å²) < 4.78 is 5.22. The van der Waals surface area contributed by atoms with Crippen LogP contribution < -0.4 is 5.32 Å². The van der Waals surface area contributed by atoms with Crippen molar-refractivity contribution < 1.29 is 4.74 Å². The smallest absolute Gasteiger partial charge is 0.0474 e. The van der Waals surface area contributed by atoms with Gasteiger partial charge in [-0.05, 0) is 38.0 Å². The third-order valence-electron chi connectivity index (χ3n) is 5.29. The largest absolute Gasteiger partial charge is 0.385 e. The summed E-state index contributed by atoms with van der Waals surface area (Å²) in [4.78, 5) is 2.74. The Hall–Kier alpha value is -0.120. The minimum absolute atomic E-state index is 0.358. The molecule has 0 bridgehead atoms. The zero-order valence-electron chi connectivity index (χ0n) is 13.2. The number of nitrogens with zero attached hydrogens (tertiary/aromatic N) is 1. The van der Waals surface area contributed by atoms with E-state index >= 15 is 0 Å². The fourth-order valence-corrected chi connectivity index (χ4v) is 3.55. The lowest BCUT2D eigenvalue weighted by atomic mass is 9.86. The SMILES string of the molecule is CCC(C)C1CNC(C)(C2CC2)CN1CCCOC. The predicted molar refractivity (Wildman–Crippen MR) is 80.4 cm³/mol. The van der Waals surface area contributed by atoms with Gasteiger partial charge in [-0.3, -0.25) is 4.90 Å². The van der Waals surface area contributed by atoms with Gasteiger partial charge in [0.05, 0.1) is 0 Å². The highest BCUT2D eigenvalue weighted by molar-refractivity contribution is 5.04. The number of hydrogen-bond donors (Lipinski definition) is 1. The molecule has 1 saturated carbocycles. The molecule has 1 saturated heterocycles. The molecule has 1 heterocycles. The van der Waals surface area contributed by atoms with Gasteiger partial charge in [-0.2, -0.15) is 0 Å². The van der Waals surface area contributed by atoms with E-state index < -0.39 is 0 Å². The lowest BCUT2D eigenvalue weighted by Gasteiger charge is -2.48. The Bertz CT molecular complexity index is 280. The van der Waals surface area contributed by atoms with Crippen LogP contribution in [0.3, 0.4) is 0 Å². The first-order chi connectivity index (χ1) is 9.10. The van der Waals surface area contributed by atoms with E-state index in [4.69, 9.17) is 4.74 Å². The van der Waals surface area contributed by atoms with E-state index in [1.807, 2.05) is 0 Å². The van der Waals surface area contributed by atoms with E-state index in [0.29, 0.717) is 11.6 Å². The number of nitrogens with one attached hydrogen (secondary N) is 1. The summed E-state index contributed by atoms with van der Waals surface area (Å²) in [7, 11) is 1.80. The second kappa shape index (κ2) is 6.55. The average Bonchev–Trinajstić information content (AvgIpc) is 3.23. The Balaban J connectivity index is 1.96. The van der Waals surface area contributed by atoms with Crippen molar-refractivity contribution in [2.45, 2.75) is 58.0 Å². The van der Waals surface area contributed by atoms with Gasteiger partial charge in [0, 0.05) is 44.9 Å². The van der Waals surface area contributed by atoms with Gasteiger partial charge in [0.2, 0.25) is 0 Å². The van der Waals surface area contributed by atoms with Crippen LogP contribution in [0.25, 0.3) is 0 Å². The maximum atomic E-state index is 5.22. The van der Waals surface area contributed by atoms with Gasteiger partial charge in [0.15, 0.2) is 0 Å². The molecular formula is C16H32N2O.